The van der Waals surface area contributed by atoms with Gasteiger partial charge in [0.2, 0.25) is 0 Å². The van der Waals surface area contributed by atoms with Crippen molar-refractivity contribution in [3.05, 3.63) is 71.3 Å². The lowest BCUT2D eigenvalue weighted by Crippen LogP contribution is -2.46. The Morgan fingerprint density at radius 2 is 1.75 bits per heavy atom. The molecule has 0 spiro atoms. The highest BCUT2D eigenvalue weighted by Crippen LogP contribution is 2.38. The van der Waals surface area contributed by atoms with Crippen molar-refractivity contribution in [3.8, 4) is 0 Å². The quantitative estimate of drug-likeness (QED) is 0.880. The fourth-order valence-corrected chi connectivity index (χ4v) is 4.25. The Bertz CT molecular complexity index is 637. The maximum Gasteiger partial charge on any atom is 0.0249 e. The van der Waals surface area contributed by atoms with E-state index in [4.69, 9.17) is 0 Å². The number of fused-ring (bicyclic) bond motifs is 1. The third-order valence-corrected chi connectivity index (χ3v) is 5.43. The summed E-state index contributed by atoms with van der Waals surface area (Å²) >= 11 is 0. The molecule has 0 aromatic heterocycles. The summed E-state index contributed by atoms with van der Waals surface area (Å²) in [6.45, 7) is 2.27. The van der Waals surface area contributed by atoms with Gasteiger partial charge in [-0.1, -0.05) is 61.0 Å². The lowest BCUT2D eigenvalue weighted by atomic mass is 9.90. The van der Waals surface area contributed by atoms with Crippen LogP contribution >= 0.6 is 12.4 Å². The molecule has 1 heterocycles. The summed E-state index contributed by atoms with van der Waals surface area (Å²) in [4.78, 5) is 0. The van der Waals surface area contributed by atoms with Crippen molar-refractivity contribution in [2.24, 2.45) is 0 Å². The van der Waals surface area contributed by atoms with Gasteiger partial charge >= 0.3 is 0 Å². The molecule has 3 heteroatoms. The Labute approximate surface area is 151 Å². The summed E-state index contributed by atoms with van der Waals surface area (Å²) in [5.74, 6) is 0.482. The Hall–Kier alpha value is -1.35. The Morgan fingerprint density at radius 1 is 0.958 bits per heavy atom. The molecular formula is C21H27ClN2. The van der Waals surface area contributed by atoms with Gasteiger partial charge in [-0.3, -0.25) is 0 Å². The fourth-order valence-electron chi connectivity index (χ4n) is 4.25. The van der Waals surface area contributed by atoms with E-state index in [9.17, 15) is 0 Å². The average molecular weight is 343 g/mol. The van der Waals surface area contributed by atoms with E-state index in [0.717, 1.165) is 13.0 Å². The molecule has 1 fully saturated rings. The van der Waals surface area contributed by atoms with Gasteiger partial charge in [0.15, 0.2) is 0 Å². The second kappa shape index (κ2) is 8.15. The van der Waals surface area contributed by atoms with Crippen LogP contribution in [0.3, 0.4) is 0 Å². The lowest BCUT2D eigenvalue weighted by Gasteiger charge is -2.28. The van der Waals surface area contributed by atoms with Crippen LogP contribution in [0.1, 0.15) is 41.9 Å². The smallest absolute Gasteiger partial charge is 0.0249 e. The first-order chi connectivity index (χ1) is 11.4. The first-order valence-electron chi connectivity index (χ1n) is 9.01. The van der Waals surface area contributed by atoms with E-state index in [-0.39, 0.29) is 12.4 Å². The molecular weight excluding hydrogens is 316 g/mol. The van der Waals surface area contributed by atoms with Crippen LogP contribution in [0.15, 0.2) is 54.6 Å². The molecule has 0 amide bonds. The van der Waals surface area contributed by atoms with E-state index in [1.807, 2.05) is 0 Å². The highest BCUT2D eigenvalue weighted by molar-refractivity contribution is 5.85. The molecule has 2 nitrogen and oxygen atoms in total. The third kappa shape index (κ3) is 3.66. The van der Waals surface area contributed by atoms with Crippen molar-refractivity contribution in [2.75, 3.05) is 13.1 Å². The third-order valence-electron chi connectivity index (χ3n) is 5.43. The molecule has 1 aliphatic carbocycles. The first kappa shape index (κ1) is 17.5. The van der Waals surface area contributed by atoms with Crippen molar-refractivity contribution >= 4 is 12.4 Å². The molecule has 128 valence electrons. The zero-order valence-corrected chi connectivity index (χ0v) is 14.9. The molecule has 0 bridgehead atoms. The van der Waals surface area contributed by atoms with Crippen LogP contribution in [0.25, 0.3) is 0 Å². The van der Waals surface area contributed by atoms with Gasteiger partial charge in [0, 0.05) is 24.5 Å². The Balaban J connectivity index is 0.00000169. The predicted octanol–water partition coefficient (Wildman–Crippen LogP) is 3.90. The minimum atomic E-state index is 0. The maximum absolute atomic E-state index is 3.88. The van der Waals surface area contributed by atoms with Crippen LogP contribution in [0, 0.1) is 0 Å². The summed E-state index contributed by atoms with van der Waals surface area (Å²) in [5, 5.41) is 7.54. The van der Waals surface area contributed by atoms with Crippen molar-refractivity contribution in [1.29, 1.82) is 0 Å². The largest absolute Gasteiger partial charge is 0.313 e. The van der Waals surface area contributed by atoms with Gasteiger partial charge in [0.05, 0.1) is 0 Å². The van der Waals surface area contributed by atoms with Crippen LogP contribution in [-0.2, 0) is 6.42 Å². The molecule has 4 rings (SSSR count). The second-order valence-electron chi connectivity index (χ2n) is 6.95. The zero-order chi connectivity index (χ0) is 15.5. The highest BCUT2D eigenvalue weighted by atomic mass is 35.5. The number of piperidine rings is 1. The molecule has 3 unspecified atom stereocenters. The van der Waals surface area contributed by atoms with Gasteiger partial charge in [-0.25, -0.2) is 0 Å². The number of hydrogen-bond donors (Lipinski definition) is 2. The van der Waals surface area contributed by atoms with E-state index in [0.29, 0.717) is 18.0 Å². The van der Waals surface area contributed by atoms with Gasteiger partial charge in [-0.15, -0.1) is 12.4 Å². The van der Waals surface area contributed by atoms with Crippen LogP contribution in [0.5, 0.6) is 0 Å². The monoisotopic (exact) mass is 342 g/mol. The Morgan fingerprint density at radius 3 is 2.54 bits per heavy atom. The first-order valence-corrected chi connectivity index (χ1v) is 9.01. The van der Waals surface area contributed by atoms with Gasteiger partial charge in [0.1, 0.15) is 0 Å². The SMILES string of the molecule is Cl.c1ccc(C2c3ccccc3CC2NCC2CCCCN2)cc1. The normalized spacial score (nSPS) is 25.8. The van der Waals surface area contributed by atoms with Gasteiger partial charge < -0.3 is 10.6 Å². The predicted molar refractivity (Wildman–Crippen MR) is 103 cm³/mol. The molecule has 2 N–H and O–H groups in total. The van der Waals surface area contributed by atoms with E-state index >= 15 is 0 Å². The topological polar surface area (TPSA) is 24.1 Å². The molecule has 3 atom stereocenters. The van der Waals surface area contributed by atoms with E-state index in [2.05, 4.69) is 65.2 Å². The molecule has 2 aromatic rings. The summed E-state index contributed by atoms with van der Waals surface area (Å²) in [6, 6.07) is 21.1. The lowest BCUT2D eigenvalue weighted by molar-refractivity contribution is 0.360. The minimum Gasteiger partial charge on any atom is -0.313 e. The van der Waals surface area contributed by atoms with E-state index in [1.165, 1.54) is 42.5 Å². The van der Waals surface area contributed by atoms with Gasteiger partial charge in [-0.05, 0) is 42.5 Å². The zero-order valence-electron chi connectivity index (χ0n) is 14.1. The van der Waals surface area contributed by atoms with Crippen LogP contribution < -0.4 is 10.6 Å². The Kier molecular flexibility index (Phi) is 5.94. The number of nitrogens with one attached hydrogen (secondary N) is 2. The van der Waals surface area contributed by atoms with Crippen molar-refractivity contribution in [1.82, 2.24) is 10.6 Å². The summed E-state index contributed by atoms with van der Waals surface area (Å²) in [6.07, 6.45) is 5.15. The van der Waals surface area contributed by atoms with Crippen molar-refractivity contribution in [3.63, 3.8) is 0 Å². The summed E-state index contributed by atoms with van der Waals surface area (Å²) in [5.41, 5.74) is 4.45. The van der Waals surface area contributed by atoms with Gasteiger partial charge in [0.25, 0.3) is 0 Å². The molecule has 0 radical (unpaired) electrons. The summed E-state index contributed by atoms with van der Waals surface area (Å²) in [7, 11) is 0. The van der Waals surface area contributed by atoms with E-state index < -0.39 is 0 Å². The maximum atomic E-state index is 3.88. The molecule has 2 aromatic carbocycles. The van der Waals surface area contributed by atoms with Gasteiger partial charge in [-0.2, -0.15) is 0 Å². The fraction of sp³-hybridized carbons (Fsp3) is 0.429. The number of hydrogen-bond acceptors (Lipinski definition) is 2. The van der Waals surface area contributed by atoms with Crippen molar-refractivity contribution in [2.45, 2.75) is 43.7 Å². The molecule has 24 heavy (non-hydrogen) atoms. The molecule has 1 saturated heterocycles. The number of rotatable bonds is 4. The minimum absolute atomic E-state index is 0. The molecule has 1 aliphatic heterocycles. The van der Waals surface area contributed by atoms with Crippen LogP contribution in [0.2, 0.25) is 0 Å². The molecule has 0 saturated carbocycles. The van der Waals surface area contributed by atoms with Crippen molar-refractivity contribution < 1.29 is 0 Å². The summed E-state index contributed by atoms with van der Waals surface area (Å²) < 4.78 is 0. The standard InChI is InChI=1S/C21H26N2.ClH/c1-2-8-16(9-3-1)21-19-12-5-4-10-17(19)14-20(21)23-15-18-11-6-7-13-22-18;/h1-5,8-10,12,18,20-23H,6-7,11,13-15H2;1H. The molecule has 2 aliphatic rings. The van der Waals surface area contributed by atoms with Crippen LogP contribution in [-0.4, -0.2) is 25.2 Å². The second-order valence-corrected chi connectivity index (χ2v) is 6.95. The number of benzene rings is 2. The van der Waals surface area contributed by atoms with Crippen LogP contribution in [0.4, 0.5) is 0 Å². The highest BCUT2D eigenvalue weighted by Gasteiger charge is 2.33. The average Bonchev–Trinajstić information content (AvgIpc) is 3.00. The van der Waals surface area contributed by atoms with E-state index in [1.54, 1.807) is 0 Å². The number of halogens is 1.